The first-order valence-electron chi connectivity index (χ1n) is 24.8. The van der Waals surface area contributed by atoms with E-state index in [9.17, 15) is 0 Å². The second-order valence-corrected chi connectivity index (χ2v) is 18.8. The third kappa shape index (κ3) is 6.97. The minimum atomic E-state index is 0.429. The fourth-order valence-corrected chi connectivity index (χ4v) is 11.4. The molecular weight excluding hydrogens is 887 g/mol. The second kappa shape index (κ2) is 17.3. The van der Waals surface area contributed by atoms with Crippen molar-refractivity contribution in [2.45, 2.75) is 6.54 Å². The Hall–Kier alpha value is -9.71. The van der Waals surface area contributed by atoms with Crippen molar-refractivity contribution < 1.29 is 0 Å². The van der Waals surface area contributed by atoms with Gasteiger partial charge in [0.1, 0.15) is 0 Å². The fourth-order valence-electron chi connectivity index (χ4n) is 11.4. The average Bonchev–Trinajstić information content (AvgIpc) is 3.98. The van der Waals surface area contributed by atoms with Gasteiger partial charge in [-0.1, -0.05) is 188 Å². The number of fused-ring (bicyclic) bond motifs is 14. The van der Waals surface area contributed by atoms with Gasteiger partial charge in [-0.25, -0.2) is 9.98 Å². The van der Waals surface area contributed by atoms with E-state index < -0.39 is 0 Å². The molecule has 2 aromatic heterocycles. The molecule has 0 aliphatic rings. The van der Waals surface area contributed by atoms with Crippen LogP contribution in [0.2, 0.25) is 0 Å². The molecule has 0 atom stereocenters. The van der Waals surface area contributed by atoms with Crippen molar-refractivity contribution in [3.05, 3.63) is 265 Å². The van der Waals surface area contributed by atoms with Crippen LogP contribution >= 0.6 is 0 Å². The lowest BCUT2D eigenvalue weighted by molar-refractivity contribution is 1.06. The van der Waals surface area contributed by atoms with Crippen LogP contribution < -0.4 is 0 Å². The standard InChI is InChI=1S/C68H45N5/c1-69-67(46-22-7-3-8-23-46)71-68(70-43-44-19-5-2-6-20-44)60-42-50(41-58-54-29-14-13-27-52(54)53-28-15-16-31-56(53)65(58)60)73-63-37-35-48(40-59(63)66-51-26-12-11-21-45(51)33-38-64(66)73)47-34-36-62-57(39-47)55-30-17-18-32-61(55)72(62)49-24-9-4-10-25-49/h2-42H,1,43H2. The molecule has 0 unspecified atom stereocenters. The van der Waals surface area contributed by atoms with Gasteiger partial charge in [-0.05, 0) is 122 Å². The Morgan fingerprint density at radius 3 is 1.62 bits per heavy atom. The molecular formula is C68H45N5. The van der Waals surface area contributed by atoms with Gasteiger partial charge < -0.3 is 9.13 Å². The Balaban J connectivity index is 1.06. The molecule has 0 fully saturated rings. The van der Waals surface area contributed by atoms with Crippen molar-refractivity contribution in [2.24, 2.45) is 15.0 Å². The van der Waals surface area contributed by atoms with E-state index in [1.807, 2.05) is 36.4 Å². The highest BCUT2D eigenvalue weighted by Gasteiger charge is 2.22. The lowest BCUT2D eigenvalue weighted by Crippen LogP contribution is -2.08. The van der Waals surface area contributed by atoms with Crippen LogP contribution in [0.5, 0.6) is 0 Å². The summed E-state index contributed by atoms with van der Waals surface area (Å²) < 4.78 is 4.83. The molecule has 0 spiro atoms. The molecule has 0 saturated carbocycles. The minimum absolute atomic E-state index is 0.429. The van der Waals surface area contributed by atoms with Crippen LogP contribution in [0, 0.1) is 0 Å². The molecule has 0 aliphatic carbocycles. The molecule has 2 heterocycles. The molecule has 0 amide bonds. The maximum atomic E-state index is 5.44. The molecule has 12 aromatic carbocycles. The molecule has 73 heavy (non-hydrogen) atoms. The summed E-state index contributed by atoms with van der Waals surface area (Å²) in [4.78, 5) is 15.4. The highest BCUT2D eigenvalue weighted by molar-refractivity contribution is 6.31. The Bertz CT molecular complexity index is 4580. The van der Waals surface area contributed by atoms with Crippen molar-refractivity contribution in [2.75, 3.05) is 0 Å². The van der Waals surface area contributed by atoms with E-state index in [2.05, 4.69) is 233 Å². The number of amidine groups is 2. The predicted octanol–water partition coefficient (Wildman–Crippen LogP) is 17.3. The molecule has 0 aliphatic heterocycles. The first kappa shape index (κ1) is 42.2. The topological polar surface area (TPSA) is 46.9 Å². The lowest BCUT2D eigenvalue weighted by Gasteiger charge is -2.18. The van der Waals surface area contributed by atoms with Crippen LogP contribution in [0.15, 0.2) is 264 Å². The molecule has 0 saturated heterocycles. The number of benzene rings is 12. The molecule has 5 nitrogen and oxygen atoms in total. The first-order valence-corrected chi connectivity index (χ1v) is 24.8. The molecule has 0 N–H and O–H groups in total. The van der Waals surface area contributed by atoms with Gasteiger partial charge in [-0.2, -0.15) is 0 Å². The number of nitrogens with zero attached hydrogens (tertiary/aromatic N) is 5. The number of aromatic nitrogens is 2. The molecule has 14 rings (SSSR count). The van der Waals surface area contributed by atoms with Gasteiger partial charge in [0.15, 0.2) is 11.7 Å². The third-order valence-corrected chi connectivity index (χ3v) is 14.6. The van der Waals surface area contributed by atoms with Gasteiger partial charge in [0.2, 0.25) is 0 Å². The largest absolute Gasteiger partial charge is 0.309 e. The Morgan fingerprint density at radius 1 is 0.356 bits per heavy atom. The first-order chi connectivity index (χ1) is 36.2. The van der Waals surface area contributed by atoms with E-state index in [1.165, 1.54) is 59.7 Å². The van der Waals surface area contributed by atoms with E-state index in [-0.39, 0.29) is 0 Å². The minimum Gasteiger partial charge on any atom is -0.309 e. The zero-order valence-corrected chi connectivity index (χ0v) is 39.8. The second-order valence-electron chi connectivity index (χ2n) is 18.8. The van der Waals surface area contributed by atoms with Gasteiger partial charge >= 0.3 is 0 Å². The van der Waals surface area contributed by atoms with Crippen molar-refractivity contribution in [3.63, 3.8) is 0 Å². The van der Waals surface area contributed by atoms with Crippen LogP contribution in [-0.2, 0) is 6.54 Å². The average molecular weight is 932 g/mol. The van der Waals surface area contributed by atoms with Crippen LogP contribution in [-0.4, -0.2) is 27.5 Å². The van der Waals surface area contributed by atoms with Crippen LogP contribution in [0.1, 0.15) is 16.7 Å². The van der Waals surface area contributed by atoms with E-state index in [4.69, 9.17) is 9.98 Å². The molecule has 0 radical (unpaired) electrons. The van der Waals surface area contributed by atoms with Gasteiger partial charge in [0.05, 0.1) is 28.6 Å². The summed E-state index contributed by atoms with van der Waals surface area (Å²) in [5.41, 5.74) is 12.0. The monoisotopic (exact) mass is 931 g/mol. The highest BCUT2D eigenvalue weighted by atomic mass is 15.0. The maximum Gasteiger partial charge on any atom is 0.161 e. The summed E-state index contributed by atoms with van der Waals surface area (Å²) in [6, 6.07) is 89.3. The Morgan fingerprint density at radius 2 is 0.890 bits per heavy atom. The number of para-hydroxylation sites is 2. The van der Waals surface area contributed by atoms with E-state index >= 15 is 0 Å². The number of aliphatic imine (C=N–C) groups is 3. The fraction of sp³-hybridized carbons (Fsp3) is 0.0147. The third-order valence-electron chi connectivity index (χ3n) is 14.6. The van der Waals surface area contributed by atoms with Crippen molar-refractivity contribution in [1.82, 2.24) is 9.13 Å². The number of hydrogen-bond donors (Lipinski definition) is 0. The van der Waals surface area contributed by atoms with Gasteiger partial charge in [0, 0.05) is 49.4 Å². The Kier molecular flexibility index (Phi) is 10.0. The summed E-state index contributed by atoms with van der Waals surface area (Å²) >= 11 is 0. The molecule has 14 aromatic rings. The summed E-state index contributed by atoms with van der Waals surface area (Å²) in [5, 5.41) is 14.1. The van der Waals surface area contributed by atoms with Gasteiger partial charge in [-0.15, -0.1) is 0 Å². The SMILES string of the molecule is C=NC(=NC(=NCc1ccccc1)c1cc(-n2c3ccc(-c4ccc5c(c4)c4ccccc4n5-c4ccccc4)cc3c3c4ccccc4ccc32)cc2c3ccccc3c3ccccc3c12)c1ccccc1. The number of rotatable bonds is 7. The van der Waals surface area contributed by atoms with Crippen LogP contribution in [0.25, 0.3) is 109 Å². The van der Waals surface area contributed by atoms with Gasteiger partial charge in [0.25, 0.3) is 0 Å². The quantitative estimate of drug-likeness (QED) is 0.0869. The van der Waals surface area contributed by atoms with Crippen molar-refractivity contribution in [1.29, 1.82) is 0 Å². The number of hydrogen-bond acceptors (Lipinski definition) is 1. The van der Waals surface area contributed by atoms with E-state index in [0.29, 0.717) is 18.2 Å². The maximum absolute atomic E-state index is 5.44. The molecule has 342 valence electrons. The van der Waals surface area contributed by atoms with Gasteiger partial charge in [-0.3, -0.25) is 4.99 Å². The highest BCUT2D eigenvalue weighted by Crippen LogP contribution is 2.44. The summed E-state index contributed by atoms with van der Waals surface area (Å²) in [7, 11) is 0. The van der Waals surface area contributed by atoms with Crippen molar-refractivity contribution in [3.8, 4) is 22.5 Å². The zero-order valence-electron chi connectivity index (χ0n) is 39.8. The lowest BCUT2D eigenvalue weighted by atomic mass is 9.90. The van der Waals surface area contributed by atoms with Crippen LogP contribution in [0.3, 0.4) is 0 Å². The zero-order chi connectivity index (χ0) is 48.4. The van der Waals surface area contributed by atoms with Crippen LogP contribution in [0.4, 0.5) is 0 Å². The van der Waals surface area contributed by atoms with E-state index in [0.717, 1.165) is 66.2 Å². The normalized spacial score (nSPS) is 12.4. The van der Waals surface area contributed by atoms with Crippen molar-refractivity contribution >= 4 is 105 Å². The molecule has 0 bridgehead atoms. The molecule has 5 heteroatoms. The smallest absolute Gasteiger partial charge is 0.161 e. The summed E-state index contributed by atoms with van der Waals surface area (Å²) in [6.07, 6.45) is 0. The summed E-state index contributed by atoms with van der Waals surface area (Å²) in [6.45, 7) is 4.47. The summed E-state index contributed by atoms with van der Waals surface area (Å²) in [5.74, 6) is 1.09. The Labute approximate surface area is 421 Å². The van der Waals surface area contributed by atoms with E-state index in [1.54, 1.807) is 0 Å². The predicted molar refractivity (Wildman–Crippen MR) is 310 cm³/mol.